The van der Waals surface area contributed by atoms with Crippen LogP contribution in [0.1, 0.15) is 77.6 Å². The van der Waals surface area contributed by atoms with Gasteiger partial charge in [0.25, 0.3) is 0 Å². The van der Waals surface area contributed by atoms with Crippen LogP contribution in [0.15, 0.2) is 61.1 Å². The first kappa shape index (κ1) is 36.4. The van der Waals surface area contributed by atoms with Crippen molar-refractivity contribution in [3.05, 3.63) is 61.1 Å². The molecule has 0 heterocycles. The van der Waals surface area contributed by atoms with E-state index in [1.807, 2.05) is 19.1 Å². The molecule has 10 heteroatoms. The molecule has 1 fully saturated rings. The average Bonchev–Trinajstić information content (AvgIpc) is 3.05. The van der Waals surface area contributed by atoms with Crippen molar-refractivity contribution in [2.75, 3.05) is 26.4 Å². The Morgan fingerprint density at radius 2 is 1.58 bits per heavy atom. The number of ether oxygens (including phenoxy) is 6. The molecule has 0 bridgehead atoms. The van der Waals surface area contributed by atoms with Crippen LogP contribution in [0.4, 0.5) is 0 Å². The Kier molecular flexibility index (Phi) is 16.3. The number of aliphatic hydroxyl groups excluding tert-OH is 1. The molecule has 1 N–H and O–H groups in total. The van der Waals surface area contributed by atoms with Crippen LogP contribution < -0.4 is 0 Å². The maximum atomic E-state index is 12.8. The Bertz CT molecular complexity index is 1070. The molecule has 250 valence electrons. The van der Waals surface area contributed by atoms with Gasteiger partial charge in [-0.1, -0.05) is 32.2 Å². The minimum Gasteiger partial charge on any atom is -0.463 e. The molecule has 1 saturated carbocycles. The van der Waals surface area contributed by atoms with E-state index in [-0.39, 0.29) is 41.9 Å². The summed E-state index contributed by atoms with van der Waals surface area (Å²) in [6.07, 6.45) is 17.0. The molecule has 3 rings (SSSR count). The molecule has 3 unspecified atom stereocenters. The van der Waals surface area contributed by atoms with E-state index < -0.39 is 12.3 Å². The fourth-order valence-corrected chi connectivity index (χ4v) is 5.42. The number of esters is 3. The van der Waals surface area contributed by atoms with Gasteiger partial charge in [0, 0.05) is 31.6 Å². The Balaban J connectivity index is 1.31. The number of hydrogen-bond donors (Lipinski definition) is 1. The van der Waals surface area contributed by atoms with Crippen molar-refractivity contribution in [3.63, 3.8) is 0 Å². The quantitative estimate of drug-likeness (QED) is 0.0480. The molecule has 0 spiro atoms. The van der Waals surface area contributed by atoms with Crippen LogP contribution >= 0.6 is 0 Å². The second-order valence-corrected chi connectivity index (χ2v) is 11.8. The van der Waals surface area contributed by atoms with Crippen molar-refractivity contribution >= 4 is 17.9 Å². The van der Waals surface area contributed by atoms with Crippen LogP contribution in [0.3, 0.4) is 0 Å². The predicted octanol–water partition coefficient (Wildman–Crippen LogP) is 5.62. The molecule has 0 aliphatic heterocycles. The first-order valence-corrected chi connectivity index (χ1v) is 16.3. The maximum absolute atomic E-state index is 12.8. The lowest BCUT2D eigenvalue weighted by molar-refractivity contribution is -0.148. The molecular weight excluding hydrogens is 580 g/mol. The van der Waals surface area contributed by atoms with E-state index in [1.165, 1.54) is 6.08 Å². The monoisotopic (exact) mass is 630 g/mol. The van der Waals surface area contributed by atoms with E-state index in [2.05, 4.69) is 13.2 Å². The van der Waals surface area contributed by atoms with Gasteiger partial charge in [-0.3, -0.25) is 9.59 Å². The van der Waals surface area contributed by atoms with Gasteiger partial charge in [0.1, 0.15) is 11.5 Å². The zero-order chi connectivity index (χ0) is 32.4. The Morgan fingerprint density at radius 3 is 2.24 bits per heavy atom. The van der Waals surface area contributed by atoms with Gasteiger partial charge in [0.2, 0.25) is 0 Å². The van der Waals surface area contributed by atoms with Gasteiger partial charge in [-0.25, -0.2) is 4.79 Å². The van der Waals surface area contributed by atoms with Gasteiger partial charge < -0.3 is 33.5 Å². The highest BCUT2D eigenvalue weighted by Crippen LogP contribution is 2.32. The summed E-state index contributed by atoms with van der Waals surface area (Å²) in [7, 11) is 0. The summed E-state index contributed by atoms with van der Waals surface area (Å²) >= 11 is 0. The van der Waals surface area contributed by atoms with Crippen LogP contribution in [0.5, 0.6) is 0 Å². The van der Waals surface area contributed by atoms with Crippen LogP contribution in [0.25, 0.3) is 0 Å². The molecule has 3 aliphatic carbocycles. The molecule has 0 radical (unpaired) electrons. The molecule has 45 heavy (non-hydrogen) atoms. The van der Waals surface area contributed by atoms with E-state index in [0.717, 1.165) is 57.4 Å². The summed E-state index contributed by atoms with van der Waals surface area (Å²) < 4.78 is 33.4. The fourth-order valence-electron chi connectivity index (χ4n) is 5.42. The van der Waals surface area contributed by atoms with Crippen LogP contribution in [0.2, 0.25) is 0 Å². The standard InChI is InChI=1S/C35H50O10/c1-4-32(36)42-22-8-6-20-40-28-14-10-26(11-15-28)34(38)44-30-18-19-31(25(3)24-30)45-35(39)27-12-16-29(17-13-27)41-21-7-9-23-43-33(37)5-2/h4-5,12,16,18-19,25-29,32,36H,1-2,6-11,13-15,17,20-24H2,3H3/t25?,26?,27?,28?,29-,32?/m1/s1. The van der Waals surface area contributed by atoms with E-state index in [9.17, 15) is 19.5 Å². The third kappa shape index (κ3) is 13.5. The number of aliphatic hydroxyl groups is 1. The minimum atomic E-state index is -0.920. The van der Waals surface area contributed by atoms with Crippen LogP contribution in [-0.2, 0) is 42.8 Å². The van der Waals surface area contributed by atoms with Crippen molar-refractivity contribution in [3.8, 4) is 0 Å². The Labute approximate surface area is 267 Å². The first-order valence-electron chi connectivity index (χ1n) is 16.3. The molecular formula is C35H50O10. The zero-order valence-corrected chi connectivity index (χ0v) is 26.6. The predicted molar refractivity (Wildman–Crippen MR) is 167 cm³/mol. The van der Waals surface area contributed by atoms with Crippen molar-refractivity contribution in [2.24, 2.45) is 17.8 Å². The molecule has 10 nitrogen and oxygen atoms in total. The summed E-state index contributed by atoms with van der Waals surface area (Å²) in [4.78, 5) is 36.7. The summed E-state index contributed by atoms with van der Waals surface area (Å²) in [5.41, 5.74) is 0. The van der Waals surface area contributed by atoms with E-state index in [4.69, 9.17) is 28.4 Å². The highest BCUT2D eigenvalue weighted by Gasteiger charge is 2.31. The minimum absolute atomic E-state index is 0.0464. The highest BCUT2D eigenvalue weighted by molar-refractivity contribution is 5.81. The lowest BCUT2D eigenvalue weighted by Gasteiger charge is -2.28. The van der Waals surface area contributed by atoms with E-state index >= 15 is 0 Å². The smallest absolute Gasteiger partial charge is 0.330 e. The zero-order valence-electron chi connectivity index (χ0n) is 26.6. The van der Waals surface area contributed by atoms with Crippen LogP contribution in [-0.4, -0.2) is 67.9 Å². The fraction of sp³-hybridized carbons (Fsp3) is 0.629. The van der Waals surface area contributed by atoms with Gasteiger partial charge in [-0.2, -0.15) is 0 Å². The van der Waals surface area contributed by atoms with Gasteiger partial charge in [0.15, 0.2) is 6.29 Å². The Morgan fingerprint density at radius 1 is 0.867 bits per heavy atom. The summed E-state index contributed by atoms with van der Waals surface area (Å²) in [6, 6.07) is 0. The number of rotatable bonds is 19. The average molecular weight is 631 g/mol. The number of unbranched alkanes of at least 4 members (excludes halogenated alkanes) is 2. The third-order valence-electron chi connectivity index (χ3n) is 8.17. The van der Waals surface area contributed by atoms with Crippen molar-refractivity contribution in [2.45, 2.75) is 96.1 Å². The number of allylic oxidation sites excluding steroid dienone is 4. The molecule has 0 saturated heterocycles. The molecule has 3 aliphatic rings. The topological polar surface area (TPSA) is 127 Å². The van der Waals surface area contributed by atoms with E-state index in [0.29, 0.717) is 57.2 Å². The lowest BCUT2D eigenvalue weighted by atomic mass is 9.87. The highest BCUT2D eigenvalue weighted by atomic mass is 16.6. The number of hydrogen-bond acceptors (Lipinski definition) is 10. The van der Waals surface area contributed by atoms with Gasteiger partial charge in [0.05, 0.1) is 37.3 Å². The second-order valence-electron chi connectivity index (χ2n) is 11.8. The molecule has 0 aromatic rings. The molecule has 0 amide bonds. The third-order valence-corrected chi connectivity index (χ3v) is 8.17. The molecule has 0 aromatic carbocycles. The summed E-state index contributed by atoms with van der Waals surface area (Å²) in [5.74, 6) is -0.328. The maximum Gasteiger partial charge on any atom is 0.330 e. The summed E-state index contributed by atoms with van der Waals surface area (Å²) in [5, 5.41) is 9.30. The van der Waals surface area contributed by atoms with Crippen LogP contribution in [0, 0.1) is 17.8 Å². The molecule has 0 aromatic heterocycles. The van der Waals surface area contributed by atoms with Crippen molar-refractivity contribution in [1.29, 1.82) is 0 Å². The van der Waals surface area contributed by atoms with Gasteiger partial charge >= 0.3 is 17.9 Å². The first-order chi connectivity index (χ1) is 21.8. The van der Waals surface area contributed by atoms with E-state index in [1.54, 1.807) is 12.2 Å². The number of carbonyl (C=O) groups is 3. The molecule has 4 atom stereocenters. The number of carbonyl (C=O) groups excluding carboxylic acids is 3. The van der Waals surface area contributed by atoms with Gasteiger partial charge in [-0.15, -0.1) is 0 Å². The van der Waals surface area contributed by atoms with Gasteiger partial charge in [-0.05, 0) is 82.4 Å². The van der Waals surface area contributed by atoms with Crippen molar-refractivity contribution < 1.29 is 47.9 Å². The lowest BCUT2D eigenvalue weighted by Crippen LogP contribution is -2.28. The summed E-state index contributed by atoms with van der Waals surface area (Å²) in [6.45, 7) is 10.8. The largest absolute Gasteiger partial charge is 0.463 e. The normalized spacial score (nSPS) is 25.3. The van der Waals surface area contributed by atoms with Crippen molar-refractivity contribution in [1.82, 2.24) is 0 Å². The second kappa shape index (κ2) is 20.2. The Hall–Kier alpha value is -3.05. The SMILES string of the molecule is C=CC(=O)OCCCCO[C@@H]1C=CC(C(=O)OC2=CC=C(OC(=O)C3CCC(OCCCCOC(O)C=C)CC3)CC2C)CC1.